The van der Waals surface area contributed by atoms with E-state index in [2.05, 4.69) is 31.1 Å². The van der Waals surface area contributed by atoms with Gasteiger partial charge in [-0.2, -0.15) is 5.10 Å². The predicted molar refractivity (Wildman–Crippen MR) is 112 cm³/mol. The lowest BCUT2D eigenvalue weighted by Gasteiger charge is -2.04. The Morgan fingerprint density at radius 3 is 1.93 bits per heavy atom. The van der Waals surface area contributed by atoms with Gasteiger partial charge in [0, 0.05) is 11.8 Å². The van der Waals surface area contributed by atoms with E-state index >= 15 is 0 Å². The molecule has 1 aromatic heterocycles. The molecule has 138 valence electrons. The van der Waals surface area contributed by atoms with Crippen LogP contribution in [0.1, 0.15) is 5.69 Å². The summed E-state index contributed by atoms with van der Waals surface area (Å²) in [5.41, 5.74) is 7.26. The number of ether oxygens (including phenoxy) is 2. The highest BCUT2D eigenvalue weighted by Crippen LogP contribution is 2.26. The van der Waals surface area contributed by atoms with Crippen LogP contribution in [0.15, 0.2) is 54.7 Å². The summed E-state index contributed by atoms with van der Waals surface area (Å²) in [7, 11) is 1.82. The van der Waals surface area contributed by atoms with E-state index in [-0.39, 0.29) is 0 Å². The number of nitrogens with zero attached hydrogens (tertiary/aromatic N) is 2. The van der Waals surface area contributed by atoms with E-state index in [1.54, 1.807) is 14.2 Å². The molecular formula is C22H24N2O2Si. The summed E-state index contributed by atoms with van der Waals surface area (Å²) in [6.07, 6.45) is 2.03. The molecule has 0 unspecified atom stereocenters. The number of methoxy groups -OCH3 is 2. The second kappa shape index (κ2) is 7.73. The van der Waals surface area contributed by atoms with Crippen molar-refractivity contribution in [2.45, 2.75) is 19.6 Å². The number of rotatable bonds is 4. The van der Waals surface area contributed by atoms with Gasteiger partial charge >= 0.3 is 0 Å². The lowest BCUT2D eigenvalue weighted by Crippen LogP contribution is -2.16. The van der Waals surface area contributed by atoms with Crippen LogP contribution in [0.5, 0.6) is 11.5 Å². The Balaban J connectivity index is 2.07. The minimum absolute atomic E-state index is 0.790. The van der Waals surface area contributed by atoms with Gasteiger partial charge in [-0.25, -0.2) is 4.68 Å². The SMILES string of the molecule is COc1ccc(-c2cn(-c3ccc(OC)cc3)nc2C#C[Si](C)(C)C)cc1. The Bertz CT molecular complexity index is 972. The fourth-order valence-electron chi connectivity index (χ4n) is 2.56. The minimum Gasteiger partial charge on any atom is -0.497 e. The highest BCUT2D eigenvalue weighted by atomic mass is 28.3. The van der Waals surface area contributed by atoms with Crippen molar-refractivity contribution < 1.29 is 9.47 Å². The molecule has 0 fully saturated rings. The monoisotopic (exact) mass is 376 g/mol. The second-order valence-electron chi connectivity index (χ2n) is 7.26. The molecule has 27 heavy (non-hydrogen) atoms. The van der Waals surface area contributed by atoms with Crippen molar-refractivity contribution >= 4 is 8.07 Å². The molecule has 0 atom stereocenters. The molecule has 3 rings (SSSR count). The molecule has 0 aliphatic rings. The Labute approximate surface area is 161 Å². The normalized spacial score (nSPS) is 10.9. The number of hydrogen-bond donors (Lipinski definition) is 0. The van der Waals surface area contributed by atoms with Crippen molar-refractivity contribution in [2.24, 2.45) is 0 Å². The van der Waals surface area contributed by atoms with Crippen LogP contribution < -0.4 is 9.47 Å². The largest absolute Gasteiger partial charge is 0.497 e. The molecule has 0 amide bonds. The highest BCUT2D eigenvalue weighted by molar-refractivity contribution is 6.83. The van der Waals surface area contributed by atoms with Crippen LogP contribution in [-0.4, -0.2) is 32.1 Å². The molecule has 0 spiro atoms. The molecule has 3 aromatic rings. The quantitative estimate of drug-likeness (QED) is 0.485. The maximum absolute atomic E-state index is 5.27. The molecule has 0 aliphatic carbocycles. The van der Waals surface area contributed by atoms with Crippen LogP contribution in [-0.2, 0) is 0 Å². The first kappa shape index (κ1) is 18.8. The maximum Gasteiger partial charge on any atom is 0.142 e. The van der Waals surface area contributed by atoms with Crippen LogP contribution in [0.25, 0.3) is 16.8 Å². The summed E-state index contributed by atoms with van der Waals surface area (Å²) in [6.45, 7) is 6.69. The summed E-state index contributed by atoms with van der Waals surface area (Å²) in [5.74, 6) is 4.97. The average Bonchev–Trinajstić information content (AvgIpc) is 3.10. The number of hydrogen-bond acceptors (Lipinski definition) is 3. The highest BCUT2D eigenvalue weighted by Gasteiger charge is 2.13. The summed E-state index contributed by atoms with van der Waals surface area (Å²) >= 11 is 0. The van der Waals surface area contributed by atoms with E-state index in [1.807, 2.05) is 59.4 Å². The molecule has 0 saturated carbocycles. The molecule has 2 aromatic carbocycles. The van der Waals surface area contributed by atoms with Gasteiger partial charge in [0.15, 0.2) is 0 Å². The van der Waals surface area contributed by atoms with Crippen molar-refractivity contribution in [1.29, 1.82) is 0 Å². The fraction of sp³-hybridized carbons (Fsp3) is 0.227. The predicted octanol–water partition coefficient (Wildman–Crippen LogP) is 4.79. The zero-order chi connectivity index (χ0) is 19.4. The summed E-state index contributed by atoms with van der Waals surface area (Å²) in [5, 5.41) is 4.75. The van der Waals surface area contributed by atoms with Gasteiger partial charge in [0.05, 0.1) is 19.9 Å². The molecule has 0 N–H and O–H groups in total. The fourth-order valence-corrected chi connectivity index (χ4v) is 3.06. The third kappa shape index (κ3) is 4.60. The number of benzene rings is 2. The van der Waals surface area contributed by atoms with E-state index < -0.39 is 8.07 Å². The molecule has 0 bridgehead atoms. The van der Waals surface area contributed by atoms with E-state index in [0.29, 0.717) is 0 Å². The zero-order valence-electron chi connectivity index (χ0n) is 16.4. The number of aromatic nitrogens is 2. The molecular weight excluding hydrogens is 352 g/mol. The first-order chi connectivity index (χ1) is 12.9. The molecule has 5 heteroatoms. The van der Waals surface area contributed by atoms with Crippen molar-refractivity contribution in [1.82, 2.24) is 9.78 Å². The second-order valence-corrected chi connectivity index (χ2v) is 12.0. The van der Waals surface area contributed by atoms with Gasteiger partial charge in [0.25, 0.3) is 0 Å². The van der Waals surface area contributed by atoms with Gasteiger partial charge in [-0.3, -0.25) is 0 Å². The Morgan fingerprint density at radius 1 is 0.852 bits per heavy atom. The summed E-state index contributed by atoms with van der Waals surface area (Å²) < 4.78 is 12.4. The van der Waals surface area contributed by atoms with Crippen molar-refractivity contribution in [3.63, 3.8) is 0 Å². The van der Waals surface area contributed by atoms with E-state index in [9.17, 15) is 0 Å². The van der Waals surface area contributed by atoms with Gasteiger partial charge < -0.3 is 9.47 Å². The topological polar surface area (TPSA) is 36.3 Å². The van der Waals surface area contributed by atoms with Crippen molar-refractivity contribution in [3.8, 4) is 39.8 Å². The lowest BCUT2D eigenvalue weighted by atomic mass is 10.1. The average molecular weight is 377 g/mol. The zero-order valence-corrected chi connectivity index (χ0v) is 17.4. The Hall–Kier alpha value is -2.97. The van der Waals surface area contributed by atoms with Gasteiger partial charge in [0.1, 0.15) is 25.3 Å². The van der Waals surface area contributed by atoms with E-state index in [1.165, 1.54) is 0 Å². The van der Waals surface area contributed by atoms with Gasteiger partial charge in [-0.15, -0.1) is 5.54 Å². The first-order valence-corrected chi connectivity index (χ1v) is 12.3. The minimum atomic E-state index is -1.51. The third-order valence-electron chi connectivity index (χ3n) is 4.01. The van der Waals surface area contributed by atoms with Crippen LogP contribution in [0.4, 0.5) is 0 Å². The molecule has 0 saturated heterocycles. The van der Waals surface area contributed by atoms with Gasteiger partial charge in [0.2, 0.25) is 0 Å². The maximum atomic E-state index is 5.27. The van der Waals surface area contributed by atoms with Crippen LogP contribution in [0.2, 0.25) is 19.6 Å². The molecule has 0 aliphatic heterocycles. The summed E-state index contributed by atoms with van der Waals surface area (Å²) in [4.78, 5) is 0. The van der Waals surface area contributed by atoms with Crippen LogP contribution in [0.3, 0.4) is 0 Å². The Kier molecular flexibility index (Phi) is 5.38. The van der Waals surface area contributed by atoms with Crippen LogP contribution >= 0.6 is 0 Å². The molecule has 0 radical (unpaired) electrons. The smallest absolute Gasteiger partial charge is 0.142 e. The van der Waals surface area contributed by atoms with Crippen LogP contribution in [0, 0.1) is 11.5 Å². The molecule has 4 nitrogen and oxygen atoms in total. The Morgan fingerprint density at radius 2 is 1.41 bits per heavy atom. The van der Waals surface area contributed by atoms with E-state index in [4.69, 9.17) is 14.6 Å². The standard InChI is InChI=1S/C22H24N2O2Si/c1-25-19-10-6-17(7-11-19)21-16-24(18-8-12-20(26-2)13-9-18)23-22(21)14-15-27(3,4)5/h6-13,16H,1-5H3. The van der Waals surface area contributed by atoms with Crippen molar-refractivity contribution in [3.05, 3.63) is 60.4 Å². The molecule has 1 heterocycles. The third-order valence-corrected chi connectivity index (χ3v) is 4.88. The summed E-state index contributed by atoms with van der Waals surface area (Å²) in [6, 6.07) is 15.8. The van der Waals surface area contributed by atoms with Gasteiger partial charge in [-0.1, -0.05) is 37.7 Å². The van der Waals surface area contributed by atoms with Crippen molar-refractivity contribution in [2.75, 3.05) is 14.2 Å². The van der Waals surface area contributed by atoms with E-state index in [0.717, 1.165) is 34.0 Å². The first-order valence-electron chi connectivity index (χ1n) is 8.81. The van der Waals surface area contributed by atoms with Gasteiger partial charge in [-0.05, 0) is 42.0 Å². The lowest BCUT2D eigenvalue weighted by molar-refractivity contribution is 0.414.